The van der Waals surface area contributed by atoms with Gasteiger partial charge in [0.25, 0.3) is 0 Å². The van der Waals surface area contributed by atoms with E-state index >= 15 is 0 Å². The van der Waals surface area contributed by atoms with Gasteiger partial charge >= 0.3 is 0 Å². The number of sulfonamides is 1. The van der Waals surface area contributed by atoms with Gasteiger partial charge in [-0.05, 0) is 30.9 Å². The molecule has 5 nitrogen and oxygen atoms in total. The second kappa shape index (κ2) is 5.46. The minimum absolute atomic E-state index is 0.115. The highest BCUT2D eigenvalue weighted by atomic mass is 32.2. The summed E-state index contributed by atoms with van der Waals surface area (Å²) in [6.45, 7) is 3.17. The van der Waals surface area contributed by atoms with E-state index in [1.54, 1.807) is 4.31 Å². The van der Waals surface area contributed by atoms with Gasteiger partial charge in [0.05, 0.1) is 6.61 Å². The third-order valence-corrected chi connectivity index (χ3v) is 8.07. The van der Waals surface area contributed by atoms with E-state index in [-0.39, 0.29) is 10.7 Å². The Morgan fingerprint density at radius 2 is 1.96 bits per heavy atom. The molecule has 0 N–H and O–H groups in total. The quantitative estimate of drug-likeness (QED) is 0.823. The number of nitrogens with zero attached hydrogens (tertiary/aromatic N) is 2. The minimum Gasteiger partial charge on any atom is -0.380 e. The van der Waals surface area contributed by atoms with Gasteiger partial charge in [0.2, 0.25) is 10.0 Å². The first-order chi connectivity index (χ1) is 11.0. The highest BCUT2D eigenvalue weighted by Gasteiger charge is 2.46. The molecule has 0 radical (unpaired) electrons. The van der Waals surface area contributed by atoms with E-state index in [2.05, 4.69) is 36.2 Å². The molecule has 6 heteroatoms. The van der Waals surface area contributed by atoms with Crippen molar-refractivity contribution < 1.29 is 13.2 Å². The summed E-state index contributed by atoms with van der Waals surface area (Å²) >= 11 is 0. The minimum atomic E-state index is -3.20. The Kier molecular flexibility index (Phi) is 3.66. The van der Waals surface area contributed by atoms with Crippen molar-refractivity contribution >= 4 is 15.7 Å². The molecule has 0 aliphatic carbocycles. The van der Waals surface area contributed by atoms with Crippen LogP contribution in [-0.2, 0) is 20.2 Å². The third kappa shape index (κ3) is 2.39. The molecule has 23 heavy (non-hydrogen) atoms. The number of hydrogen-bond donors (Lipinski definition) is 0. The van der Waals surface area contributed by atoms with Gasteiger partial charge < -0.3 is 9.64 Å². The van der Waals surface area contributed by atoms with Crippen LogP contribution in [0.3, 0.4) is 0 Å². The fourth-order valence-electron chi connectivity index (χ4n) is 4.43. The van der Waals surface area contributed by atoms with Crippen LogP contribution in [0.5, 0.6) is 0 Å². The molecule has 0 amide bonds. The average Bonchev–Trinajstić information content (AvgIpc) is 3.18. The van der Waals surface area contributed by atoms with Crippen LogP contribution < -0.4 is 4.90 Å². The zero-order valence-electron chi connectivity index (χ0n) is 13.6. The van der Waals surface area contributed by atoms with Crippen LogP contribution in [-0.4, -0.2) is 57.9 Å². The predicted octanol–water partition coefficient (Wildman–Crippen LogP) is 1.59. The van der Waals surface area contributed by atoms with Gasteiger partial charge in [-0.3, -0.25) is 0 Å². The van der Waals surface area contributed by atoms with E-state index in [1.807, 2.05) is 0 Å². The molecule has 0 saturated carbocycles. The molecule has 1 unspecified atom stereocenters. The molecule has 0 bridgehead atoms. The number of anilines is 1. The summed E-state index contributed by atoms with van der Waals surface area (Å²) in [4.78, 5) is 2.31. The first-order valence-electron chi connectivity index (χ1n) is 8.40. The number of hydrogen-bond acceptors (Lipinski definition) is 4. The van der Waals surface area contributed by atoms with E-state index in [9.17, 15) is 8.42 Å². The number of para-hydroxylation sites is 1. The van der Waals surface area contributed by atoms with E-state index in [4.69, 9.17) is 4.74 Å². The summed E-state index contributed by atoms with van der Waals surface area (Å²) in [5.74, 6) is 0. The Bertz CT molecular complexity index is 690. The number of ether oxygens (including phenoxy) is 1. The van der Waals surface area contributed by atoms with Crippen molar-refractivity contribution in [3.05, 3.63) is 29.8 Å². The van der Waals surface area contributed by atoms with Crippen molar-refractivity contribution in [2.45, 2.75) is 29.9 Å². The first kappa shape index (κ1) is 15.4. The van der Waals surface area contributed by atoms with Gasteiger partial charge in [0.15, 0.2) is 0 Å². The number of piperidine rings is 1. The maximum absolute atomic E-state index is 12.7. The molecular weight excluding hydrogens is 312 g/mol. The topological polar surface area (TPSA) is 49.9 Å². The summed E-state index contributed by atoms with van der Waals surface area (Å²) < 4.78 is 32.5. The molecule has 1 spiro atoms. The van der Waals surface area contributed by atoms with Gasteiger partial charge in [0, 0.05) is 44.4 Å². The molecule has 3 heterocycles. The number of rotatable bonds is 2. The third-order valence-electron chi connectivity index (χ3n) is 5.78. The van der Waals surface area contributed by atoms with Gasteiger partial charge in [-0.2, -0.15) is 0 Å². The molecular formula is C17H24N2O3S. The second-order valence-corrected chi connectivity index (χ2v) is 9.30. The number of fused-ring (bicyclic) bond motifs is 2. The Hall–Kier alpha value is -1.11. The highest BCUT2D eigenvalue weighted by molar-refractivity contribution is 7.89. The Morgan fingerprint density at radius 3 is 2.65 bits per heavy atom. The maximum atomic E-state index is 12.7. The summed E-state index contributed by atoms with van der Waals surface area (Å²) in [6, 6.07) is 8.56. The van der Waals surface area contributed by atoms with E-state index < -0.39 is 10.0 Å². The van der Waals surface area contributed by atoms with E-state index in [0.717, 1.165) is 19.4 Å². The molecule has 2 saturated heterocycles. The number of benzene rings is 1. The van der Waals surface area contributed by atoms with E-state index in [0.29, 0.717) is 32.7 Å². The van der Waals surface area contributed by atoms with Crippen LogP contribution in [0.25, 0.3) is 0 Å². The summed E-state index contributed by atoms with van der Waals surface area (Å²) in [6.07, 6.45) is 2.44. The fraction of sp³-hybridized carbons (Fsp3) is 0.647. The lowest BCUT2D eigenvalue weighted by Gasteiger charge is -2.39. The lowest BCUT2D eigenvalue weighted by atomic mass is 9.75. The molecule has 2 fully saturated rings. The standard InChI is InChI=1S/C17H24N2O3S/c1-18-13-17(15-4-2-3-5-16(15)18)7-9-19(10-8-17)23(20,21)14-6-11-22-12-14/h2-5,14H,6-13H2,1H3. The van der Waals surface area contributed by atoms with Crippen LogP contribution >= 0.6 is 0 Å². The van der Waals surface area contributed by atoms with Crippen LogP contribution in [0.15, 0.2) is 24.3 Å². The normalized spacial score (nSPS) is 27.5. The van der Waals surface area contributed by atoms with Crippen LogP contribution in [0.2, 0.25) is 0 Å². The Labute approximate surface area is 138 Å². The van der Waals surface area contributed by atoms with Gasteiger partial charge in [0.1, 0.15) is 5.25 Å². The van der Waals surface area contributed by atoms with Crippen molar-refractivity contribution in [2.75, 3.05) is 44.8 Å². The van der Waals surface area contributed by atoms with Crippen molar-refractivity contribution in [3.63, 3.8) is 0 Å². The number of likely N-dealkylation sites (N-methyl/N-ethyl adjacent to an activating group) is 1. The van der Waals surface area contributed by atoms with Gasteiger partial charge in [-0.15, -0.1) is 0 Å². The van der Waals surface area contributed by atoms with Gasteiger partial charge in [-0.1, -0.05) is 18.2 Å². The molecule has 126 valence electrons. The van der Waals surface area contributed by atoms with Crippen LogP contribution in [0.4, 0.5) is 5.69 Å². The SMILES string of the molecule is CN1CC2(CCN(S(=O)(=O)C3CCOC3)CC2)c2ccccc21. The molecule has 3 aliphatic rings. The van der Waals surface area contributed by atoms with Crippen LogP contribution in [0.1, 0.15) is 24.8 Å². The fourth-order valence-corrected chi connectivity index (χ4v) is 6.21. The zero-order chi connectivity index (χ0) is 16.1. The second-order valence-electron chi connectivity index (χ2n) is 7.08. The van der Waals surface area contributed by atoms with Gasteiger partial charge in [-0.25, -0.2) is 12.7 Å². The lowest BCUT2D eigenvalue weighted by Crippen LogP contribution is -2.49. The van der Waals surface area contributed by atoms with E-state index in [1.165, 1.54) is 11.3 Å². The molecule has 1 aromatic carbocycles. The molecule has 0 aromatic heterocycles. The molecule has 4 rings (SSSR count). The zero-order valence-corrected chi connectivity index (χ0v) is 14.4. The highest BCUT2D eigenvalue weighted by Crippen LogP contribution is 2.46. The van der Waals surface area contributed by atoms with Crippen molar-refractivity contribution in [3.8, 4) is 0 Å². The first-order valence-corrected chi connectivity index (χ1v) is 9.91. The Balaban J connectivity index is 1.54. The molecule has 1 atom stereocenters. The van der Waals surface area contributed by atoms with Crippen molar-refractivity contribution in [2.24, 2.45) is 0 Å². The summed E-state index contributed by atoms with van der Waals surface area (Å²) in [7, 11) is -1.07. The molecule has 3 aliphatic heterocycles. The average molecular weight is 336 g/mol. The lowest BCUT2D eigenvalue weighted by molar-refractivity contribution is 0.196. The largest absolute Gasteiger partial charge is 0.380 e. The predicted molar refractivity (Wildman–Crippen MR) is 90.3 cm³/mol. The monoisotopic (exact) mass is 336 g/mol. The van der Waals surface area contributed by atoms with Crippen molar-refractivity contribution in [1.82, 2.24) is 4.31 Å². The van der Waals surface area contributed by atoms with Crippen LogP contribution in [0, 0.1) is 0 Å². The molecule has 1 aromatic rings. The Morgan fingerprint density at radius 1 is 1.22 bits per heavy atom. The maximum Gasteiger partial charge on any atom is 0.219 e. The smallest absolute Gasteiger partial charge is 0.219 e. The van der Waals surface area contributed by atoms with Crippen molar-refractivity contribution in [1.29, 1.82) is 0 Å². The summed E-state index contributed by atoms with van der Waals surface area (Å²) in [5, 5.41) is -0.338. The summed E-state index contributed by atoms with van der Waals surface area (Å²) in [5.41, 5.74) is 2.81.